The average Bonchev–Trinajstić information content (AvgIpc) is 3.03. The van der Waals surface area contributed by atoms with E-state index in [9.17, 15) is 9.18 Å². The van der Waals surface area contributed by atoms with Crippen molar-refractivity contribution in [1.82, 2.24) is 15.1 Å². The molecule has 1 aliphatic rings. The Hall–Kier alpha value is -2.37. The van der Waals surface area contributed by atoms with E-state index < -0.39 is 5.60 Å². The molecule has 1 fully saturated rings. The van der Waals surface area contributed by atoms with Crippen LogP contribution in [0.25, 0.3) is 11.3 Å². The molecule has 2 heterocycles. The molecule has 2 aromatic rings. The van der Waals surface area contributed by atoms with Gasteiger partial charge in [0.25, 0.3) is 0 Å². The lowest BCUT2D eigenvalue weighted by Crippen LogP contribution is -2.42. The van der Waals surface area contributed by atoms with Gasteiger partial charge in [-0.05, 0) is 51.8 Å². The number of H-pyrrole nitrogens is 1. The molecule has 1 amide bonds. The number of aromatic nitrogens is 2. The lowest BCUT2D eigenvalue weighted by molar-refractivity contribution is 0.0197. The molecule has 0 spiro atoms. The van der Waals surface area contributed by atoms with Crippen molar-refractivity contribution >= 4 is 6.09 Å². The molecule has 134 valence electrons. The van der Waals surface area contributed by atoms with Gasteiger partial charge in [0.2, 0.25) is 0 Å². The predicted octanol–water partition coefficient (Wildman–Crippen LogP) is 4.33. The van der Waals surface area contributed by atoms with Crippen LogP contribution in [0.4, 0.5) is 9.18 Å². The van der Waals surface area contributed by atoms with E-state index in [0.29, 0.717) is 24.3 Å². The molecule has 0 unspecified atom stereocenters. The number of amides is 1. The van der Waals surface area contributed by atoms with Crippen molar-refractivity contribution in [2.45, 2.75) is 45.1 Å². The topological polar surface area (TPSA) is 58.2 Å². The Balaban J connectivity index is 1.72. The number of hydrogen-bond acceptors (Lipinski definition) is 3. The van der Waals surface area contributed by atoms with Crippen LogP contribution in [-0.2, 0) is 4.74 Å². The van der Waals surface area contributed by atoms with Gasteiger partial charge in [0.1, 0.15) is 11.4 Å². The summed E-state index contributed by atoms with van der Waals surface area (Å²) in [4.78, 5) is 14.0. The van der Waals surface area contributed by atoms with E-state index >= 15 is 0 Å². The summed E-state index contributed by atoms with van der Waals surface area (Å²) in [6.07, 6.45) is 1.57. The number of likely N-dealkylation sites (tertiary alicyclic amines) is 1. The molecule has 6 heteroatoms. The molecule has 0 bridgehead atoms. The van der Waals surface area contributed by atoms with Crippen LogP contribution in [0.2, 0.25) is 0 Å². The molecule has 1 aliphatic heterocycles. The molecule has 25 heavy (non-hydrogen) atoms. The Morgan fingerprint density at radius 3 is 2.84 bits per heavy atom. The van der Waals surface area contributed by atoms with Gasteiger partial charge in [-0.25, -0.2) is 9.18 Å². The summed E-state index contributed by atoms with van der Waals surface area (Å²) in [6.45, 7) is 6.86. The minimum absolute atomic E-state index is 0.147. The van der Waals surface area contributed by atoms with E-state index in [1.165, 1.54) is 6.07 Å². The second-order valence-corrected chi connectivity index (χ2v) is 7.45. The van der Waals surface area contributed by atoms with E-state index in [-0.39, 0.29) is 17.8 Å². The largest absolute Gasteiger partial charge is 0.444 e. The van der Waals surface area contributed by atoms with Crippen molar-refractivity contribution in [3.8, 4) is 11.3 Å². The number of carbonyl (C=O) groups excluding carboxylic acids is 1. The highest BCUT2D eigenvalue weighted by molar-refractivity contribution is 5.68. The summed E-state index contributed by atoms with van der Waals surface area (Å²) in [6, 6.07) is 8.46. The van der Waals surface area contributed by atoms with Gasteiger partial charge >= 0.3 is 6.09 Å². The van der Waals surface area contributed by atoms with Gasteiger partial charge in [0.15, 0.2) is 0 Å². The molecule has 0 radical (unpaired) electrons. The summed E-state index contributed by atoms with van der Waals surface area (Å²) in [5.74, 6) is -0.145. The first-order valence-electron chi connectivity index (χ1n) is 8.61. The highest BCUT2D eigenvalue weighted by Crippen LogP contribution is 2.29. The maximum atomic E-state index is 13.9. The minimum Gasteiger partial charge on any atom is -0.444 e. The lowest BCUT2D eigenvalue weighted by atomic mass is 9.94. The standard InChI is InChI=1S/C19H24FN3O2/c1-19(2,3)25-18(24)23-10-6-7-13(12-23)16-11-17(22-21-16)14-8-4-5-9-15(14)20/h4-5,8-9,11,13H,6-7,10,12H2,1-3H3,(H,21,22)/t13-/m0/s1. The molecule has 5 nitrogen and oxygen atoms in total. The Bertz CT molecular complexity index is 751. The number of ether oxygens (including phenoxy) is 1. The zero-order chi connectivity index (χ0) is 18.0. The fraction of sp³-hybridized carbons (Fsp3) is 0.474. The summed E-state index contributed by atoms with van der Waals surface area (Å²) in [5.41, 5.74) is 1.48. The van der Waals surface area contributed by atoms with E-state index in [4.69, 9.17) is 4.74 Å². The summed E-state index contributed by atoms with van der Waals surface area (Å²) in [5, 5.41) is 7.27. The third-order valence-electron chi connectivity index (χ3n) is 4.26. The van der Waals surface area contributed by atoms with E-state index in [1.54, 1.807) is 23.1 Å². The number of nitrogens with zero attached hydrogens (tertiary/aromatic N) is 2. The van der Waals surface area contributed by atoms with Crippen molar-refractivity contribution < 1.29 is 13.9 Å². The third kappa shape index (κ3) is 4.18. The van der Waals surface area contributed by atoms with E-state index in [2.05, 4.69) is 10.2 Å². The van der Waals surface area contributed by atoms with Crippen LogP contribution in [-0.4, -0.2) is 39.9 Å². The molecule has 0 saturated carbocycles. The van der Waals surface area contributed by atoms with E-state index in [0.717, 1.165) is 18.5 Å². The number of aromatic amines is 1. The first-order valence-corrected chi connectivity index (χ1v) is 8.61. The predicted molar refractivity (Wildman–Crippen MR) is 93.8 cm³/mol. The number of halogens is 1. The maximum Gasteiger partial charge on any atom is 0.410 e. The van der Waals surface area contributed by atoms with Gasteiger partial charge < -0.3 is 9.64 Å². The number of rotatable bonds is 2. The highest BCUT2D eigenvalue weighted by Gasteiger charge is 2.29. The van der Waals surface area contributed by atoms with Gasteiger partial charge in [0, 0.05) is 30.3 Å². The number of hydrogen-bond donors (Lipinski definition) is 1. The van der Waals surface area contributed by atoms with Crippen molar-refractivity contribution in [2.75, 3.05) is 13.1 Å². The number of nitrogens with one attached hydrogen (secondary N) is 1. The fourth-order valence-corrected chi connectivity index (χ4v) is 3.08. The molecule has 3 rings (SSSR count). The van der Waals surface area contributed by atoms with Gasteiger partial charge in [-0.2, -0.15) is 5.10 Å². The number of piperidine rings is 1. The molecule has 1 N–H and O–H groups in total. The minimum atomic E-state index is -0.504. The number of carbonyl (C=O) groups is 1. The SMILES string of the molecule is CC(C)(C)OC(=O)N1CCC[C@H](c2cc(-c3ccccc3F)n[nH]2)C1. The Kier molecular flexibility index (Phi) is 4.79. The summed E-state index contributed by atoms with van der Waals surface area (Å²) < 4.78 is 19.4. The zero-order valence-electron chi connectivity index (χ0n) is 14.9. The van der Waals surface area contributed by atoms with Crippen LogP contribution in [0.5, 0.6) is 0 Å². The zero-order valence-corrected chi connectivity index (χ0v) is 14.9. The summed E-state index contributed by atoms with van der Waals surface area (Å²) in [7, 11) is 0. The molecule has 0 aliphatic carbocycles. The van der Waals surface area contributed by atoms with Crippen molar-refractivity contribution in [1.29, 1.82) is 0 Å². The van der Waals surface area contributed by atoms with Gasteiger partial charge in [-0.15, -0.1) is 0 Å². The van der Waals surface area contributed by atoms with Crippen molar-refractivity contribution in [3.63, 3.8) is 0 Å². The highest BCUT2D eigenvalue weighted by atomic mass is 19.1. The molecular weight excluding hydrogens is 321 g/mol. The van der Waals surface area contributed by atoms with Crippen LogP contribution < -0.4 is 0 Å². The van der Waals surface area contributed by atoms with E-state index in [1.807, 2.05) is 26.8 Å². The monoisotopic (exact) mass is 345 g/mol. The van der Waals surface area contributed by atoms with Crippen LogP contribution in [0.3, 0.4) is 0 Å². The van der Waals surface area contributed by atoms with Crippen molar-refractivity contribution in [2.24, 2.45) is 0 Å². The van der Waals surface area contributed by atoms with Crippen LogP contribution in [0, 0.1) is 5.82 Å². The van der Waals surface area contributed by atoms with Gasteiger partial charge in [-0.1, -0.05) is 12.1 Å². The van der Waals surface area contributed by atoms with Gasteiger partial charge in [0.05, 0.1) is 5.69 Å². The number of benzene rings is 1. The molecule has 1 aromatic heterocycles. The van der Waals surface area contributed by atoms with Crippen LogP contribution in [0.15, 0.2) is 30.3 Å². The Labute approximate surface area is 147 Å². The van der Waals surface area contributed by atoms with Crippen molar-refractivity contribution in [3.05, 3.63) is 41.8 Å². The van der Waals surface area contributed by atoms with Gasteiger partial charge in [-0.3, -0.25) is 5.10 Å². The molecule has 1 aromatic carbocycles. The Morgan fingerprint density at radius 1 is 1.36 bits per heavy atom. The van der Waals surface area contributed by atoms with Crippen LogP contribution >= 0.6 is 0 Å². The summed E-state index contributed by atoms with van der Waals surface area (Å²) >= 11 is 0. The van der Waals surface area contributed by atoms with Crippen LogP contribution in [0.1, 0.15) is 45.2 Å². The fourth-order valence-electron chi connectivity index (χ4n) is 3.08. The second kappa shape index (κ2) is 6.86. The molecule has 1 atom stereocenters. The normalized spacial score (nSPS) is 18.2. The second-order valence-electron chi connectivity index (χ2n) is 7.45. The molecule has 1 saturated heterocycles. The quantitative estimate of drug-likeness (QED) is 0.881. The Morgan fingerprint density at radius 2 is 2.12 bits per heavy atom. The smallest absolute Gasteiger partial charge is 0.410 e. The first kappa shape index (κ1) is 17.5. The first-order chi connectivity index (χ1) is 11.8. The maximum absolute atomic E-state index is 13.9. The average molecular weight is 345 g/mol. The molecular formula is C19H24FN3O2. The third-order valence-corrected chi connectivity index (χ3v) is 4.26. The lowest BCUT2D eigenvalue weighted by Gasteiger charge is -2.33.